The van der Waals surface area contributed by atoms with E-state index < -0.39 is 0 Å². The average molecular weight is 679 g/mol. The van der Waals surface area contributed by atoms with Crippen LogP contribution in [-0.4, -0.2) is 23.4 Å². The second-order valence-corrected chi connectivity index (χ2v) is 0.447. The molecule has 2 N–H and O–H groups in total. The number of rotatable bonds is 1. The lowest BCUT2D eigenvalue weighted by Gasteiger charge is -1.70. The minimum atomic E-state index is -0.125. The Morgan fingerprint density at radius 2 is 0.146 bits per heavy atom. The number of hydrogen-bond acceptors (Lipinski definition) is 2. The summed E-state index contributed by atoms with van der Waals surface area (Å²) in [6.45, 7) is 132. The summed E-state index contributed by atoms with van der Waals surface area (Å²) in [7, 11) is 0. The Morgan fingerprint density at radius 1 is 0.125 bits per heavy atom. The zero-order chi connectivity index (χ0) is 47.4. The first-order valence-corrected chi connectivity index (χ1v) is 12.1. The Bertz CT molecular complexity index is 132. The average Bonchev–Trinajstić information content (AvgIpc) is 3.33. The van der Waals surface area contributed by atoms with E-state index in [4.69, 9.17) is 10.2 Å². The SMILES string of the molecule is C=C.C=C.C=C.C=C.C=C.C=C.C=C.C=C.C=C.C=C.C=C.C=C.C=C.C=C.C=C.C=C.C=C.C=C.C=C.C=C.C=C.C=C.OCCO. The van der Waals surface area contributed by atoms with Crippen LogP contribution in [0.15, 0.2) is 289 Å². The van der Waals surface area contributed by atoms with Crippen LogP contribution in [0.1, 0.15) is 0 Å². The van der Waals surface area contributed by atoms with Gasteiger partial charge in [-0.25, -0.2) is 0 Å². The third-order valence-corrected chi connectivity index (χ3v) is 0.1000. The van der Waals surface area contributed by atoms with Gasteiger partial charge in [-0.1, -0.05) is 0 Å². The topological polar surface area (TPSA) is 40.5 Å². The molecule has 48 heavy (non-hydrogen) atoms. The van der Waals surface area contributed by atoms with Crippen LogP contribution in [0.4, 0.5) is 0 Å². The Morgan fingerprint density at radius 3 is 0.146 bits per heavy atom. The van der Waals surface area contributed by atoms with Gasteiger partial charge in [-0.05, 0) is 0 Å². The molecule has 0 atom stereocenters. The first kappa shape index (κ1) is 194. The first-order valence-electron chi connectivity index (χ1n) is 12.1. The molecule has 2 heteroatoms. The van der Waals surface area contributed by atoms with Crippen molar-refractivity contribution in [1.82, 2.24) is 0 Å². The van der Waals surface area contributed by atoms with Gasteiger partial charge in [0.25, 0.3) is 0 Å². The van der Waals surface area contributed by atoms with Crippen molar-refractivity contribution in [1.29, 1.82) is 0 Å². The lowest BCUT2D eigenvalue weighted by atomic mass is 10.8. The van der Waals surface area contributed by atoms with Gasteiger partial charge in [-0.2, -0.15) is 0 Å². The maximum Gasteiger partial charge on any atom is 0.0662 e. The van der Waals surface area contributed by atoms with E-state index in [1.807, 2.05) is 0 Å². The van der Waals surface area contributed by atoms with Crippen LogP contribution in [-0.2, 0) is 0 Å². The van der Waals surface area contributed by atoms with E-state index in [2.05, 4.69) is 289 Å². The fourth-order valence-electron chi connectivity index (χ4n) is 0. The highest BCUT2D eigenvalue weighted by Crippen LogP contribution is 1.39. The first-order chi connectivity index (χ1) is 23.9. The summed E-state index contributed by atoms with van der Waals surface area (Å²) < 4.78 is 0. The van der Waals surface area contributed by atoms with Gasteiger partial charge in [-0.3, -0.25) is 0 Å². The quantitative estimate of drug-likeness (QED) is 0.271. The molecule has 0 heterocycles. The van der Waals surface area contributed by atoms with E-state index in [0.717, 1.165) is 0 Å². The van der Waals surface area contributed by atoms with Gasteiger partial charge < -0.3 is 10.2 Å². The molecule has 0 aliphatic rings. The minimum absolute atomic E-state index is 0.125. The molecule has 0 fully saturated rings. The molecule has 0 amide bonds. The van der Waals surface area contributed by atoms with E-state index in [0.29, 0.717) is 0 Å². The van der Waals surface area contributed by atoms with E-state index in [1.165, 1.54) is 0 Å². The summed E-state index contributed by atoms with van der Waals surface area (Å²) >= 11 is 0. The summed E-state index contributed by atoms with van der Waals surface area (Å²) in [5.74, 6) is 0. The molecule has 0 radical (unpaired) electrons. The van der Waals surface area contributed by atoms with Crippen molar-refractivity contribution in [2.24, 2.45) is 0 Å². The Labute approximate surface area is 312 Å². The summed E-state index contributed by atoms with van der Waals surface area (Å²) in [6.07, 6.45) is 0. The Kier molecular flexibility index (Phi) is 18700. The second kappa shape index (κ2) is 4610. The van der Waals surface area contributed by atoms with Crippen LogP contribution in [0.5, 0.6) is 0 Å². The highest BCUT2D eigenvalue weighted by molar-refractivity contribution is 4.26. The van der Waals surface area contributed by atoms with Crippen molar-refractivity contribution in [3.8, 4) is 0 Å². The van der Waals surface area contributed by atoms with Crippen molar-refractivity contribution in [2.75, 3.05) is 13.2 Å². The summed E-state index contributed by atoms with van der Waals surface area (Å²) in [5, 5.41) is 15.2. The van der Waals surface area contributed by atoms with E-state index in [-0.39, 0.29) is 13.2 Å². The van der Waals surface area contributed by atoms with Gasteiger partial charge in [0.1, 0.15) is 0 Å². The van der Waals surface area contributed by atoms with Crippen LogP contribution in [0.3, 0.4) is 0 Å². The molecule has 0 aromatic heterocycles. The van der Waals surface area contributed by atoms with Crippen molar-refractivity contribution in [2.45, 2.75) is 0 Å². The fourth-order valence-corrected chi connectivity index (χ4v) is 0. The van der Waals surface area contributed by atoms with Crippen LogP contribution in [0.2, 0.25) is 0 Å². The molecule has 0 unspecified atom stereocenters. The lowest BCUT2D eigenvalue weighted by molar-refractivity contribution is 0.186. The molecule has 0 aliphatic carbocycles. The molecule has 0 aromatic rings. The lowest BCUT2D eigenvalue weighted by Crippen LogP contribution is -1.85. The second-order valence-electron chi connectivity index (χ2n) is 0.447. The van der Waals surface area contributed by atoms with Gasteiger partial charge in [-0.15, -0.1) is 289 Å². The molecule has 0 saturated carbocycles. The summed E-state index contributed by atoms with van der Waals surface area (Å²) in [6, 6.07) is 0. The normalized spacial score (nSPS) is 2.46. The molecule has 2 nitrogen and oxygen atoms in total. The maximum absolute atomic E-state index is 7.62. The predicted octanol–water partition coefficient (Wildman–Crippen LogP) is 16.6. The maximum atomic E-state index is 7.62. The van der Waals surface area contributed by atoms with Crippen molar-refractivity contribution < 1.29 is 10.2 Å². The van der Waals surface area contributed by atoms with Crippen molar-refractivity contribution in [3.63, 3.8) is 0 Å². The Hall–Kier alpha value is -5.80. The zero-order valence-electron chi connectivity index (χ0n) is 33.4. The van der Waals surface area contributed by atoms with Gasteiger partial charge in [0, 0.05) is 0 Å². The summed E-state index contributed by atoms with van der Waals surface area (Å²) in [5.41, 5.74) is 0. The minimum Gasteiger partial charge on any atom is -0.394 e. The Balaban J connectivity index is -0.00000000651. The van der Waals surface area contributed by atoms with Crippen molar-refractivity contribution in [3.05, 3.63) is 289 Å². The number of aliphatic hydroxyl groups excluding tert-OH is 2. The standard InChI is InChI=1S/C2H6O2.22C2H4/c3-1-2-4;22*1-2/h3-4H,1-2H2;22*1-2H2. The molecule has 0 aliphatic heterocycles. The van der Waals surface area contributed by atoms with Crippen molar-refractivity contribution >= 4 is 0 Å². The number of aliphatic hydroxyl groups is 2. The molecule has 0 bridgehead atoms. The van der Waals surface area contributed by atoms with Crippen LogP contribution < -0.4 is 0 Å². The zero-order valence-corrected chi connectivity index (χ0v) is 33.4. The third-order valence-electron chi connectivity index (χ3n) is 0.1000. The smallest absolute Gasteiger partial charge is 0.0662 e. The monoisotopic (exact) mass is 679 g/mol. The molecule has 0 spiro atoms. The van der Waals surface area contributed by atoms with E-state index >= 15 is 0 Å². The fraction of sp³-hybridized carbons (Fsp3) is 0.0435. The van der Waals surface area contributed by atoms with Crippen LogP contribution >= 0.6 is 0 Å². The van der Waals surface area contributed by atoms with E-state index in [1.54, 1.807) is 0 Å². The van der Waals surface area contributed by atoms with Gasteiger partial charge in [0.05, 0.1) is 13.2 Å². The summed E-state index contributed by atoms with van der Waals surface area (Å²) in [4.78, 5) is 0. The molecule has 290 valence electrons. The molecular weight excluding hydrogens is 585 g/mol. The van der Waals surface area contributed by atoms with Gasteiger partial charge >= 0.3 is 0 Å². The largest absolute Gasteiger partial charge is 0.394 e. The van der Waals surface area contributed by atoms with Crippen LogP contribution in [0.25, 0.3) is 0 Å². The molecule has 0 rings (SSSR count). The highest BCUT2D eigenvalue weighted by atomic mass is 16.3. The predicted molar refractivity (Wildman–Crippen MR) is 262 cm³/mol. The van der Waals surface area contributed by atoms with Gasteiger partial charge in [0.2, 0.25) is 0 Å². The van der Waals surface area contributed by atoms with Crippen LogP contribution in [0, 0.1) is 0 Å². The molecular formula is C46H94O2. The molecule has 0 aromatic carbocycles. The molecule has 0 saturated heterocycles. The van der Waals surface area contributed by atoms with Gasteiger partial charge in [0.15, 0.2) is 0 Å². The highest BCUT2D eigenvalue weighted by Gasteiger charge is 1.58. The third kappa shape index (κ3) is 2680. The number of hydrogen-bond donors (Lipinski definition) is 2. The van der Waals surface area contributed by atoms with E-state index in [9.17, 15) is 0 Å².